The Hall–Kier alpha value is -2.99. The molecule has 136 valence electrons. The molecule has 0 aliphatic heterocycles. The van der Waals surface area contributed by atoms with Crippen molar-refractivity contribution in [1.82, 2.24) is 19.9 Å². The number of hydrogen-bond donors (Lipinski definition) is 1. The van der Waals surface area contributed by atoms with E-state index >= 15 is 0 Å². The van der Waals surface area contributed by atoms with E-state index in [1.54, 1.807) is 21.9 Å². The van der Waals surface area contributed by atoms with E-state index in [4.69, 9.17) is 0 Å². The van der Waals surface area contributed by atoms with Crippen LogP contribution in [0.4, 0.5) is 0 Å². The van der Waals surface area contributed by atoms with Gasteiger partial charge in [-0.15, -0.1) is 11.3 Å². The van der Waals surface area contributed by atoms with Gasteiger partial charge in [0.2, 0.25) is 0 Å². The molecule has 0 fully saturated rings. The molecule has 1 atom stereocenters. The maximum absolute atomic E-state index is 12.9. The van der Waals surface area contributed by atoms with Crippen molar-refractivity contribution in [3.05, 3.63) is 87.0 Å². The molecule has 1 unspecified atom stereocenters. The molecule has 4 aromatic rings. The second-order valence-electron chi connectivity index (χ2n) is 6.67. The number of aromatic nitrogens is 3. The molecular weight excluding hydrogens is 356 g/mol. The zero-order chi connectivity index (χ0) is 19.0. The Labute approximate surface area is 161 Å². The zero-order valence-corrected chi connectivity index (χ0v) is 16.2. The number of carbonyl (C=O) groups excluding carboxylic acids is 1. The Balaban J connectivity index is 1.68. The highest BCUT2D eigenvalue weighted by Crippen LogP contribution is 2.26. The van der Waals surface area contributed by atoms with Crippen LogP contribution >= 0.6 is 11.3 Å². The number of aryl methyl sites for hydroxylation is 3. The molecule has 0 saturated heterocycles. The van der Waals surface area contributed by atoms with Gasteiger partial charge in [-0.25, -0.2) is 9.50 Å². The molecule has 0 bridgehead atoms. The third-order valence-corrected chi connectivity index (χ3v) is 5.42. The van der Waals surface area contributed by atoms with E-state index < -0.39 is 0 Å². The van der Waals surface area contributed by atoms with Crippen LogP contribution in [0.2, 0.25) is 0 Å². The number of nitrogens with one attached hydrogen (secondary N) is 1. The Kier molecular flexibility index (Phi) is 4.49. The van der Waals surface area contributed by atoms with Gasteiger partial charge in [-0.1, -0.05) is 35.9 Å². The Bertz CT molecular complexity index is 1100. The van der Waals surface area contributed by atoms with Crippen LogP contribution < -0.4 is 5.32 Å². The minimum atomic E-state index is -0.212. The molecule has 1 N–H and O–H groups in total. The molecule has 0 radical (unpaired) electrons. The van der Waals surface area contributed by atoms with Gasteiger partial charge >= 0.3 is 0 Å². The van der Waals surface area contributed by atoms with Crippen LogP contribution in [0, 0.1) is 20.8 Å². The highest BCUT2D eigenvalue weighted by atomic mass is 32.1. The number of rotatable bonds is 4. The molecule has 27 heavy (non-hydrogen) atoms. The third-order valence-electron chi connectivity index (χ3n) is 4.48. The number of thiophene rings is 1. The van der Waals surface area contributed by atoms with Crippen molar-refractivity contribution in [1.29, 1.82) is 0 Å². The quantitative estimate of drug-likeness (QED) is 0.580. The number of nitrogens with zero attached hydrogens (tertiary/aromatic N) is 3. The van der Waals surface area contributed by atoms with Crippen LogP contribution in [0.5, 0.6) is 0 Å². The van der Waals surface area contributed by atoms with Crippen molar-refractivity contribution in [2.24, 2.45) is 0 Å². The normalized spacial score (nSPS) is 12.3. The van der Waals surface area contributed by atoms with Crippen LogP contribution in [0.25, 0.3) is 5.65 Å². The van der Waals surface area contributed by atoms with Gasteiger partial charge in [-0.05, 0) is 43.8 Å². The van der Waals surface area contributed by atoms with Crippen LogP contribution in [0.15, 0.2) is 53.9 Å². The maximum atomic E-state index is 12.9. The summed E-state index contributed by atoms with van der Waals surface area (Å²) >= 11 is 1.62. The van der Waals surface area contributed by atoms with Crippen molar-refractivity contribution < 1.29 is 4.79 Å². The topological polar surface area (TPSA) is 59.3 Å². The largest absolute Gasteiger partial charge is 0.339 e. The average molecular weight is 376 g/mol. The van der Waals surface area contributed by atoms with Gasteiger partial charge in [0, 0.05) is 22.3 Å². The molecule has 1 aromatic carbocycles. The maximum Gasteiger partial charge on any atom is 0.272 e. The minimum absolute atomic E-state index is 0.210. The standard InChI is InChI=1S/C21H20N4OS/c1-13-6-8-16(9-7-13)20(18-5-4-10-27-18)23-21(26)17-12-19-22-14(2)11-15(3)25(19)24-17/h4-12,20H,1-3H3,(H,23,26). The Morgan fingerprint density at radius 1 is 1.11 bits per heavy atom. The van der Waals surface area contributed by atoms with E-state index in [9.17, 15) is 4.79 Å². The van der Waals surface area contributed by atoms with Crippen LogP contribution in [-0.4, -0.2) is 20.5 Å². The lowest BCUT2D eigenvalue weighted by molar-refractivity contribution is 0.0938. The lowest BCUT2D eigenvalue weighted by Gasteiger charge is -2.17. The summed E-state index contributed by atoms with van der Waals surface area (Å²) in [6, 6.07) is 15.7. The van der Waals surface area contributed by atoms with Gasteiger partial charge in [0.15, 0.2) is 11.3 Å². The van der Waals surface area contributed by atoms with E-state index in [0.29, 0.717) is 11.3 Å². The highest BCUT2D eigenvalue weighted by Gasteiger charge is 2.21. The summed E-state index contributed by atoms with van der Waals surface area (Å²) in [5.41, 5.74) is 5.14. The molecule has 0 spiro atoms. The minimum Gasteiger partial charge on any atom is -0.339 e. The molecule has 3 heterocycles. The third kappa shape index (κ3) is 3.48. The molecule has 0 saturated carbocycles. The Morgan fingerprint density at radius 2 is 1.89 bits per heavy atom. The van der Waals surface area contributed by atoms with Crippen molar-refractivity contribution >= 4 is 22.9 Å². The lowest BCUT2D eigenvalue weighted by atomic mass is 10.0. The van der Waals surface area contributed by atoms with Crippen molar-refractivity contribution in [3.63, 3.8) is 0 Å². The van der Waals surface area contributed by atoms with E-state index in [-0.39, 0.29) is 11.9 Å². The van der Waals surface area contributed by atoms with E-state index in [1.165, 1.54) is 5.56 Å². The van der Waals surface area contributed by atoms with Crippen molar-refractivity contribution in [2.45, 2.75) is 26.8 Å². The summed E-state index contributed by atoms with van der Waals surface area (Å²) in [5, 5.41) is 9.59. The van der Waals surface area contributed by atoms with Gasteiger partial charge in [0.05, 0.1) is 6.04 Å². The zero-order valence-electron chi connectivity index (χ0n) is 15.4. The van der Waals surface area contributed by atoms with Gasteiger partial charge in [-0.2, -0.15) is 5.10 Å². The lowest BCUT2D eigenvalue weighted by Crippen LogP contribution is -2.29. The first-order chi connectivity index (χ1) is 13.0. The number of fused-ring (bicyclic) bond motifs is 1. The van der Waals surface area contributed by atoms with Crippen LogP contribution in [-0.2, 0) is 0 Å². The van der Waals surface area contributed by atoms with Crippen LogP contribution in [0.3, 0.4) is 0 Å². The number of benzene rings is 1. The van der Waals surface area contributed by atoms with Gasteiger partial charge in [-0.3, -0.25) is 4.79 Å². The number of amides is 1. The van der Waals surface area contributed by atoms with Crippen molar-refractivity contribution in [2.75, 3.05) is 0 Å². The summed E-state index contributed by atoms with van der Waals surface area (Å²) in [6.45, 7) is 5.94. The highest BCUT2D eigenvalue weighted by molar-refractivity contribution is 7.10. The van der Waals surface area contributed by atoms with E-state index in [0.717, 1.165) is 21.8 Å². The summed E-state index contributed by atoms with van der Waals surface area (Å²) in [5.74, 6) is -0.212. The molecule has 6 heteroatoms. The first kappa shape index (κ1) is 17.4. The van der Waals surface area contributed by atoms with E-state index in [2.05, 4.69) is 46.6 Å². The van der Waals surface area contributed by atoms with Crippen molar-refractivity contribution in [3.8, 4) is 0 Å². The van der Waals surface area contributed by atoms with Gasteiger partial charge < -0.3 is 5.32 Å². The second-order valence-corrected chi connectivity index (χ2v) is 7.65. The average Bonchev–Trinajstić information content (AvgIpc) is 3.30. The molecule has 0 aliphatic carbocycles. The van der Waals surface area contributed by atoms with Gasteiger partial charge in [0.25, 0.3) is 5.91 Å². The number of carbonyl (C=O) groups is 1. The fourth-order valence-electron chi connectivity index (χ4n) is 3.14. The number of hydrogen-bond acceptors (Lipinski definition) is 4. The molecule has 3 aromatic heterocycles. The monoisotopic (exact) mass is 376 g/mol. The summed E-state index contributed by atoms with van der Waals surface area (Å²) in [6.07, 6.45) is 0. The fraction of sp³-hybridized carbons (Fsp3) is 0.190. The summed E-state index contributed by atoms with van der Waals surface area (Å²) in [4.78, 5) is 18.5. The molecule has 5 nitrogen and oxygen atoms in total. The second kappa shape index (κ2) is 6.96. The summed E-state index contributed by atoms with van der Waals surface area (Å²) < 4.78 is 1.70. The molecule has 1 amide bonds. The predicted octanol–water partition coefficient (Wildman–Crippen LogP) is 4.24. The molecular formula is C21H20N4OS. The smallest absolute Gasteiger partial charge is 0.272 e. The first-order valence-corrected chi connectivity index (χ1v) is 9.64. The molecule has 4 rings (SSSR count). The summed E-state index contributed by atoms with van der Waals surface area (Å²) in [7, 11) is 0. The molecule has 0 aliphatic rings. The van der Waals surface area contributed by atoms with Gasteiger partial charge in [0.1, 0.15) is 0 Å². The SMILES string of the molecule is Cc1ccc(C(NC(=O)c2cc3nc(C)cc(C)n3n2)c2cccs2)cc1. The Morgan fingerprint density at radius 3 is 2.59 bits per heavy atom. The predicted molar refractivity (Wildman–Crippen MR) is 107 cm³/mol. The van der Waals surface area contributed by atoms with Crippen LogP contribution in [0.1, 0.15) is 43.9 Å². The van der Waals surface area contributed by atoms with E-state index in [1.807, 2.05) is 37.4 Å². The first-order valence-electron chi connectivity index (χ1n) is 8.76. The fourth-order valence-corrected chi connectivity index (χ4v) is 3.94.